The maximum absolute atomic E-state index is 5.74. The Hall–Kier alpha value is -1.35. The van der Waals surface area contributed by atoms with Crippen LogP contribution in [0.1, 0.15) is 31.0 Å². The Labute approximate surface area is 179 Å². The topological polar surface area (TPSA) is 54.2 Å². The lowest BCUT2D eigenvalue weighted by Gasteiger charge is -2.22. The third kappa shape index (κ3) is 6.64. The van der Waals surface area contributed by atoms with Gasteiger partial charge in [-0.2, -0.15) is 0 Å². The number of pyridine rings is 1. The number of aliphatic imine (C=N–C) groups is 1. The van der Waals surface area contributed by atoms with Crippen LogP contribution in [-0.4, -0.2) is 60.1 Å². The molecule has 0 aromatic carbocycles. The van der Waals surface area contributed by atoms with Crippen molar-refractivity contribution < 1.29 is 4.74 Å². The average molecular weight is 485 g/mol. The van der Waals surface area contributed by atoms with Gasteiger partial charge in [0, 0.05) is 52.1 Å². The highest BCUT2D eigenvalue weighted by Crippen LogP contribution is 2.28. The summed E-state index contributed by atoms with van der Waals surface area (Å²) < 4.78 is 7.82. The van der Waals surface area contributed by atoms with Gasteiger partial charge in [-0.05, 0) is 44.2 Å². The standard InChI is InChI=1S/C20H31N5O.HI/c1-4-21-20(24(3)12-13-26-15-17-7-8-17)22-10-9-18-14-25-11-5-6-16(2)19(25)23-18;/h5-6,11,14,17H,4,7-10,12-13,15H2,1-3H3,(H,21,22);1H. The molecule has 0 amide bonds. The molecule has 1 saturated carbocycles. The lowest BCUT2D eigenvalue weighted by atomic mass is 10.3. The van der Waals surface area contributed by atoms with Crippen molar-refractivity contribution in [3.05, 3.63) is 35.8 Å². The van der Waals surface area contributed by atoms with Crippen molar-refractivity contribution in [1.29, 1.82) is 0 Å². The van der Waals surface area contributed by atoms with Gasteiger partial charge in [0.15, 0.2) is 5.96 Å². The molecule has 1 aliphatic rings. The monoisotopic (exact) mass is 485 g/mol. The molecule has 0 saturated heterocycles. The second-order valence-corrected chi connectivity index (χ2v) is 7.08. The van der Waals surface area contributed by atoms with Crippen LogP contribution in [-0.2, 0) is 11.2 Å². The molecular weight excluding hydrogens is 453 g/mol. The van der Waals surface area contributed by atoms with E-state index in [4.69, 9.17) is 14.7 Å². The third-order valence-electron chi connectivity index (χ3n) is 4.68. The summed E-state index contributed by atoms with van der Waals surface area (Å²) in [5, 5.41) is 3.36. The minimum Gasteiger partial charge on any atom is -0.379 e. The van der Waals surface area contributed by atoms with Gasteiger partial charge in [0.2, 0.25) is 0 Å². The number of guanidine groups is 1. The molecule has 0 unspecified atom stereocenters. The van der Waals surface area contributed by atoms with Crippen molar-refractivity contribution in [2.45, 2.75) is 33.1 Å². The van der Waals surface area contributed by atoms with E-state index in [0.717, 1.165) is 62.5 Å². The summed E-state index contributed by atoms with van der Waals surface area (Å²) >= 11 is 0. The Morgan fingerprint density at radius 2 is 2.26 bits per heavy atom. The van der Waals surface area contributed by atoms with Crippen molar-refractivity contribution >= 4 is 35.6 Å². The molecule has 0 aliphatic heterocycles. The average Bonchev–Trinajstić information content (AvgIpc) is 3.36. The third-order valence-corrected chi connectivity index (χ3v) is 4.68. The van der Waals surface area contributed by atoms with Gasteiger partial charge in [-0.15, -0.1) is 24.0 Å². The summed E-state index contributed by atoms with van der Waals surface area (Å²) in [4.78, 5) is 11.6. The van der Waals surface area contributed by atoms with E-state index in [-0.39, 0.29) is 24.0 Å². The van der Waals surface area contributed by atoms with E-state index in [9.17, 15) is 0 Å². The van der Waals surface area contributed by atoms with Gasteiger partial charge in [0.25, 0.3) is 0 Å². The zero-order valence-corrected chi connectivity index (χ0v) is 19.0. The van der Waals surface area contributed by atoms with Gasteiger partial charge in [-0.25, -0.2) is 4.98 Å². The van der Waals surface area contributed by atoms with Crippen LogP contribution in [0.25, 0.3) is 5.65 Å². The lowest BCUT2D eigenvalue weighted by Crippen LogP contribution is -2.40. The van der Waals surface area contributed by atoms with Gasteiger partial charge in [0.05, 0.1) is 12.3 Å². The van der Waals surface area contributed by atoms with Gasteiger partial charge in [-0.1, -0.05) is 6.07 Å². The Morgan fingerprint density at radius 1 is 1.44 bits per heavy atom. The molecule has 6 nitrogen and oxygen atoms in total. The van der Waals surface area contributed by atoms with Crippen molar-refractivity contribution in [3.8, 4) is 0 Å². The molecule has 0 bridgehead atoms. The summed E-state index contributed by atoms with van der Waals surface area (Å²) in [6, 6.07) is 4.14. The van der Waals surface area contributed by atoms with Crippen LogP contribution >= 0.6 is 24.0 Å². The molecule has 0 radical (unpaired) electrons. The number of hydrogen-bond donors (Lipinski definition) is 1. The number of imidazole rings is 1. The van der Waals surface area contributed by atoms with Crippen LogP contribution in [0.2, 0.25) is 0 Å². The number of aryl methyl sites for hydroxylation is 1. The second kappa shape index (κ2) is 10.8. The van der Waals surface area contributed by atoms with Crippen molar-refractivity contribution in [1.82, 2.24) is 19.6 Å². The van der Waals surface area contributed by atoms with Gasteiger partial charge >= 0.3 is 0 Å². The zero-order valence-electron chi connectivity index (χ0n) is 16.6. The predicted molar refractivity (Wildman–Crippen MR) is 121 cm³/mol. The molecule has 27 heavy (non-hydrogen) atoms. The molecule has 0 spiro atoms. The number of fused-ring (bicyclic) bond motifs is 1. The molecule has 1 N–H and O–H groups in total. The highest BCUT2D eigenvalue weighted by molar-refractivity contribution is 14.0. The molecule has 0 atom stereocenters. The molecule has 2 aromatic heterocycles. The summed E-state index contributed by atoms with van der Waals surface area (Å²) in [6.07, 6.45) is 7.65. The molecule has 1 fully saturated rings. The number of nitrogens with one attached hydrogen (secondary N) is 1. The molecule has 150 valence electrons. The maximum atomic E-state index is 5.74. The number of aromatic nitrogens is 2. The second-order valence-electron chi connectivity index (χ2n) is 7.08. The smallest absolute Gasteiger partial charge is 0.193 e. The largest absolute Gasteiger partial charge is 0.379 e. The molecule has 2 heterocycles. The van der Waals surface area contributed by atoms with E-state index in [2.05, 4.69) is 53.8 Å². The number of halogens is 1. The summed E-state index contributed by atoms with van der Waals surface area (Å²) in [6.45, 7) is 8.29. The first-order valence-electron chi connectivity index (χ1n) is 9.67. The quantitative estimate of drug-likeness (QED) is 0.257. The summed E-state index contributed by atoms with van der Waals surface area (Å²) in [5.74, 6) is 1.75. The Bertz CT molecular complexity index is 741. The van der Waals surface area contributed by atoms with Crippen LogP contribution in [0.4, 0.5) is 0 Å². The van der Waals surface area contributed by atoms with Crippen LogP contribution in [0, 0.1) is 12.8 Å². The Balaban J connectivity index is 0.00000261. The molecule has 1 aliphatic carbocycles. The van der Waals surface area contributed by atoms with E-state index in [1.54, 1.807) is 0 Å². The summed E-state index contributed by atoms with van der Waals surface area (Å²) in [5.41, 5.74) is 3.30. The van der Waals surface area contributed by atoms with Crippen molar-refractivity contribution in [2.75, 3.05) is 39.9 Å². The number of nitrogens with zero attached hydrogens (tertiary/aromatic N) is 4. The minimum absolute atomic E-state index is 0. The fourth-order valence-electron chi connectivity index (χ4n) is 2.91. The van der Waals surface area contributed by atoms with E-state index < -0.39 is 0 Å². The Morgan fingerprint density at radius 3 is 2.96 bits per heavy atom. The molecule has 3 rings (SSSR count). The number of rotatable bonds is 9. The normalized spacial score (nSPS) is 14.3. The highest BCUT2D eigenvalue weighted by atomic mass is 127. The summed E-state index contributed by atoms with van der Waals surface area (Å²) in [7, 11) is 2.07. The highest BCUT2D eigenvalue weighted by Gasteiger charge is 2.21. The first kappa shape index (κ1) is 21.9. The van der Waals surface area contributed by atoms with Crippen LogP contribution in [0.3, 0.4) is 0 Å². The van der Waals surface area contributed by atoms with E-state index in [0.29, 0.717) is 0 Å². The fraction of sp³-hybridized carbons (Fsp3) is 0.600. The molecule has 2 aromatic rings. The minimum atomic E-state index is 0. The van der Waals surface area contributed by atoms with Crippen molar-refractivity contribution in [2.24, 2.45) is 10.9 Å². The number of likely N-dealkylation sites (N-methyl/N-ethyl adjacent to an activating group) is 1. The Kier molecular flexibility index (Phi) is 8.82. The fourth-order valence-corrected chi connectivity index (χ4v) is 2.91. The van der Waals surface area contributed by atoms with Crippen molar-refractivity contribution in [3.63, 3.8) is 0 Å². The van der Waals surface area contributed by atoms with E-state index in [1.807, 2.05) is 6.20 Å². The van der Waals surface area contributed by atoms with E-state index >= 15 is 0 Å². The molecular formula is C20H32IN5O. The van der Waals surface area contributed by atoms with Gasteiger partial charge in [0.1, 0.15) is 5.65 Å². The SMILES string of the molecule is CCNC(=NCCc1cn2cccc(C)c2n1)N(C)CCOCC1CC1.I. The zero-order chi connectivity index (χ0) is 18.4. The lowest BCUT2D eigenvalue weighted by molar-refractivity contribution is 0.115. The van der Waals surface area contributed by atoms with Gasteiger partial charge < -0.3 is 19.4 Å². The van der Waals surface area contributed by atoms with E-state index in [1.165, 1.54) is 18.4 Å². The van der Waals surface area contributed by atoms with Crippen LogP contribution in [0.5, 0.6) is 0 Å². The first-order valence-corrected chi connectivity index (χ1v) is 9.67. The first-order chi connectivity index (χ1) is 12.7. The molecule has 7 heteroatoms. The van der Waals surface area contributed by atoms with Crippen LogP contribution in [0.15, 0.2) is 29.5 Å². The van der Waals surface area contributed by atoms with Crippen LogP contribution < -0.4 is 5.32 Å². The number of ether oxygens (including phenoxy) is 1. The number of hydrogen-bond acceptors (Lipinski definition) is 3. The van der Waals surface area contributed by atoms with Gasteiger partial charge in [-0.3, -0.25) is 4.99 Å². The predicted octanol–water partition coefficient (Wildman–Crippen LogP) is 3.13. The maximum Gasteiger partial charge on any atom is 0.193 e.